The van der Waals surface area contributed by atoms with Crippen LogP contribution in [0.2, 0.25) is 0 Å². The summed E-state index contributed by atoms with van der Waals surface area (Å²) in [4.78, 5) is 14.7. The third-order valence-electron chi connectivity index (χ3n) is 3.64. The van der Waals surface area contributed by atoms with Crippen molar-refractivity contribution >= 4 is 6.09 Å². The molecule has 1 saturated heterocycles. The molecule has 1 heterocycles. The zero-order valence-electron chi connectivity index (χ0n) is 11.1. The minimum absolute atomic E-state index is 0.0245. The Morgan fingerprint density at radius 3 is 2.58 bits per heavy atom. The van der Waals surface area contributed by atoms with E-state index >= 15 is 0 Å². The van der Waals surface area contributed by atoms with Crippen LogP contribution in [0.1, 0.15) is 12.5 Å². The first kappa shape index (κ1) is 13.8. The maximum Gasteiger partial charge on any atom is 0.407 e. The van der Waals surface area contributed by atoms with Crippen LogP contribution in [0.3, 0.4) is 0 Å². The maximum absolute atomic E-state index is 11.1. The molecule has 0 aromatic heterocycles. The van der Waals surface area contributed by atoms with E-state index in [2.05, 4.69) is 4.90 Å². The van der Waals surface area contributed by atoms with Crippen molar-refractivity contribution in [3.63, 3.8) is 0 Å². The molecule has 0 radical (unpaired) electrons. The van der Waals surface area contributed by atoms with Gasteiger partial charge in [0, 0.05) is 25.7 Å². The van der Waals surface area contributed by atoms with Gasteiger partial charge in [0.25, 0.3) is 0 Å². The normalized spacial score (nSPS) is 24.4. The molecule has 0 saturated carbocycles. The van der Waals surface area contributed by atoms with Crippen LogP contribution >= 0.6 is 0 Å². The number of nitrogens with zero attached hydrogens (tertiary/aromatic N) is 2. The van der Waals surface area contributed by atoms with E-state index in [1.54, 1.807) is 0 Å². The quantitative estimate of drug-likeness (QED) is 0.862. The lowest BCUT2D eigenvalue weighted by atomic mass is 10.1. The fourth-order valence-electron chi connectivity index (χ4n) is 2.56. The number of hydrogen-bond donors (Lipinski definition) is 2. The molecule has 5 heteroatoms. The second-order valence-corrected chi connectivity index (χ2v) is 5.04. The van der Waals surface area contributed by atoms with E-state index in [1.165, 1.54) is 10.5 Å². The van der Waals surface area contributed by atoms with Gasteiger partial charge < -0.3 is 15.1 Å². The topological polar surface area (TPSA) is 64.0 Å². The monoisotopic (exact) mass is 264 g/mol. The van der Waals surface area contributed by atoms with Crippen LogP contribution in [0, 0.1) is 0 Å². The summed E-state index contributed by atoms with van der Waals surface area (Å²) in [5, 5.41) is 18.6. The molecule has 0 aliphatic carbocycles. The number of carboxylic acid groups (broad SMARTS) is 1. The molecule has 1 amide bonds. The SMILES string of the molecule is C[C@@H]1CN(Cc2ccccc2)[C@@H](CO)CN1C(=O)O. The highest BCUT2D eigenvalue weighted by Gasteiger charge is 2.33. The number of aliphatic hydroxyl groups is 1. The van der Waals surface area contributed by atoms with Gasteiger partial charge in [0.2, 0.25) is 0 Å². The molecular weight excluding hydrogens is 244 g/mol. The second-order valence-electron chi connectivity index (χ2n) is 5.04. The van der Waals surface area contributed by atoms with Crippen LogP contribution in [0.5, 0.6) is 0 Å². The maximum atomic E-state index is 11.1. The molecule has 2 N–H and O–H groups in total. The summed E-state index contributed by atoms with van der Waals surface area (Å²) >= 11 is 0. The zero-order chi connectivity index (χ0) is 13.8. The molecule has 1 aromatic rings. The number of carbonyl (C=O) groups is 1. The van der Waals surface area contributed by atoms with E-state index < -0.39 is 6.09 Å². The number of benzene rings is 1. The van der Waals surface area contributed by atoms with Crippen LogP contribution in [-0.4, -0.2) is 57.9 Å². The van der Waals surface area contributed by atoms with Crippen molar-refractivity contribution in [3.8, 4) is 0 Å². The summed E-state index contributed by atoms with van der Waals surface area (Å²) in [6, 6.07) is 9.85. The minimum Gasteiger partial charge on any atom is -0.465 e. The Morgan fingerprint density at radius 2 is 2.00 bits per heavy atom. The van der Waals surface area contributed by atoms with Gasteiger partial charge in [-0.3, -0.25) is 4.90 Å². The molecular formula is C14H20N2O3. The number of piperazine rings is 1. The van der Waals surface area contributed by atoms with E-state index in [0.29, 0.717) is 13.1 Å². The molecule has 104 valence electrons. The van der Waals surface area contributed by atoms with E-state index in [-0.39, 0.29) is 18.7 Å². The lowest BCUT2D eigenvalue weighted by molar-refractivity contribution is 0.0109. The summed E-state index contributed by atoms with van der Waals surface area (Å²) in [5.74, 6) is 0. The van der Waals surface area contributed by atoms with Crippen molar-refractivity contribution in [3.05, 3.63) is 35.9 Å². The van der Waals surface area contributed by atoms with Crippen LogP contribution in [0.4, 0.5) is 4.79 Å². The highest BCUT2D eigenvalue weighted by Crippen LogP contribution is 2.18. The summed E-state index contributed by atoms with van der Waals surface area (Å²) in [5.41, 5.74) is 1.18. The van der Waals surface area contributed by atoms with Gasteiger partial charge in [-0.2, -0.15) is 0 Å². The first-order chi connectivity index (χ1) is 9.11. The molecule has 1 aliphatic heterocycles. The van der Waals surface area contributed by atoms with Crippen molar-refractivity contribution < 1.29 is 15.0 Å². The predicted octanol–water partition coefficient (Wildman–Crippen LogP) is 1.23. The summed E-state index contributed by atoms with van der Waals surface area (Å²) in [7, 11) is 0. The number of aliphatic hydroxyl groups excluding tert-OH is 1. The Bertz CT molecular complexity index is 424. The first-order valence-corrected chi connectivity index (χ1v) is 6.50. The summed E-state index contributed by atoms with van der Waals surface area (Å²) in [6.07, 6.45) is -0.912. The molecule has 0 bridgehead atoms. The van der Waals surface area contributed by atoms with E-state index in [4.69, 9.17) is 5.11 Å². The molecule has 0 unspecified atom stereocenters. The van der Waals surface area contributed by atoms with Gasteiger partial charge in [0.15, 0.2) is 0 Å². The molecule has 1 aliphatic rings. The molecule has 1 aromatic carbocycles. The van der Waals surface area contributed by atoms with Gasteiger partial charge in [-0.25, -0.2) is 4.79 Å². The first-order valence-electron chi connectivity index (χ1n) is 6.50. The van der Waals surface area contributed by atoms with E-state index in [9.17, 15) is 9.90 Å². The van der Waals surface area contributed by atoms with E-state index in [0.717, 1.165) is 6.54 Å². The number of rotatable bonds is 3. The van der Waals surface area contributed by atoms with Crippen molar-refractivity contribution in [2.24, 2.45) is 0 Å². The van der Waals surface area contributed by atoms with Gasteiger partial charge in [-0.15, -0.1) is 0 Å². The highest BCUT2D eigenvalue weighted by molar-refractivity contribution is 5.65. The summed E-state index contributed by atoms with van der Waals surface area (Å²) < 4.78 is 0. The lowest BCUT2D eigenvalue weighted by Gasteiger charge is -2.43. The molecule has 2 rings (SSSR count). The average molecular weight is 264 g/mol. The van der Waals surface area contributed by atoms with Gasteiger partial charge in [-0.1, -0.05) is 30.3 Å². The fraction of sp³-hybridized carbons (Fsp3) is 0.500. The number of hydrogen-bond acceptors (Lipinski definition) is 3. The minimum atomic E-state index is -0.912. The largest absolute Gasteiger partial charge is 0.465 e. The van der Waals surface area contributed by atoms with Crippen molar-refractivity contribution in [2.75, 3.05) is 19.7 Å². The molecule has 5 nitrogen and oxygen atoms in total. The zero-order valence-corrected chi connectivity index (χ0v) is 11.1. The molecule has 0 spiro atoms. The number of amides is 1. The molecule has 1 fully saturated rings. The van der Waals surface area contributed by atoms with Gasteiger partial charge in [-0.05, 0) is 12.5 Å². The lowest BCUT2D eigenvalue weighted by Crippen LogP contribution is -2.59. The van der Waals surface area contributed by atoms with E-state index in [1.807, 2.05) is 37.3 Å². The van der Waals surface area contributed by atoms with Crippen LogP contribution in [0.25, 0.3) is 0 Å². The summed E-state index contributed by atoms with van der Waals surface area (Å²) in [6.45, 7) is 3.62. The van der Waals surface area contributed by atoms with Crippen molar-refractivity contribution in [2.45, 2.75) is 25.6 Å². The van der Waals surface area contributed by atoms with Crippen molar-refractivity contribution in [1.82, 2.24) is 9.80 Å². The smallest absolute Gasteiger partial charge is 0.407 e. The van der Waals surface area contributed by atoms with Crippen LogP contribution in [0.15, 0.2) is 30.3 Å². The van der Waals surface area contributed by atoms with Gasteiger partial charge >= 0.3 is 6.09 Å². The van der Waals surface area contributed by atoms with Gasteiger partial charge in [0.05, 0.1) is 12.6 Å². The molecule has 19 heavy (non-hydrogen) atoms. The highest BCUT2D eigenvalue weighted by atomic mass is 16.4. The van der Waals surface area contributed by atoms with Crippen LogP contribution in [-0.2, 0) is 6.54 Å². The van der Waals surface area contributed by atoms with Crippen LogP contribution < -0.4 is 0 Å². The predicted molar refractivity (Wildman–Crippen MR) is 71.9 cm³/mol. The van der Waals surface area contributed by atoms with Crippen molar-refractivity contribution in [1.29, 1.82) is 0 Å². The Hall–Kier alpha value is -1.59. The Morgan fingerprint density at radius 1 is 1.32 bits per heavy atom. The standard InChI is InChI=1S/C14H20N2O3/c1-11-7-15(8-12-5-3-2-4-6-12)13(10-17)9-16(11)14(18)19/h2-6,11,13,17H,7-10H2,1H3,(H,18,19)/t11-,13-/m1/s1. The Kier molecular flexibility index (Phi) is 4.39. The second kappa shape index (κ2) is 6.04. The Labute approximate surface area is 113 Å². The molecule has 2 atom stereocenters. The Balaban J connectivity index is 2.06. The average Bonchev–Trinajstić information content (AvgIpc) is 2.39. The third kappa shape index (κ3) is 3.24. The third-order valence-corrected chi connectivity index (χ3v) is 3.64. The fourth-order valence-corrected chi connectivity index (χ4v) is 2.56. The van der Waals surface area contributed by atoms with Gasteiger partial charge in [0.1, 0.15) is 0 Å².